The van der Waals surface area contributed by atoms with Crippen molar-refractivity contribution in [1.82, 2.24) is 4.90 Å². The van der Waals surface area contributed by atoms with E-state index in [2.05, 4.69) is 5.32 Å². The highest BCUT2D eigenvalue weighted by Crippen LogP contribution is 2.19. The lowest BCUT2D eigenvalue weighted by Crippen LogP contribution is -2.23. The van der Waals surface area contributed by atoms with Crippen LogP contribution in [0.3, 0.4) is 0 Å². The van der Waals surface area contributed by atoms with Gasteiger partial charge in [-0.15, -0.1) is 0 Å². The van der Waals surface area contributed by atoms with Crippen molar-refractivity contribution < 1.29 is 19.5 Å². The van der Waals surface area contributed by atoms with Crippen molar-refractivity contribution >= 4 is 23.5 Å². The quantitative estimate of drug-likeness (QED) is 0.866. The van der Waals surface area contributed by atoms with E-state index >= 15 is 0 Å². The number of carboxylic acid groups (broad SMARTS) is 1. The molecule has 26 heavy (non-hydrogen) atoms. The highest BCUT2D eigenvalue weighted by Gasteiger charge is 2.20. The smallest absolute Gasteiger partial charge is 0.335 e. The monoisotopic (exact) mass is 352 g/mol. The Morgan fingerprint density at radius 3 is 2.42 bits per heavy atom. The summed E-state index contributed by atoms with van der Waals surface area (Å²) in [6.45, 7) is 3.14. The summed E-state index contributed by atoms with van der Waals surface area (Å²) in [6.07, 6.45) is 1.50. The van der Waals surface area contributed by atoms with E-state index in [0.717, 1.165) is 24.1 Å². The number of carbonyl (C=O) groups excluding carboxylic acids is 2. The van der Waals surface area contributed by atoms with Gasteiger partial charge in [-0.1, -0.05) is 18.2 Å². The van der Waals surface area contributed by atoms with E-state index in [9.17, 15) is 14.4 Å². The third-order valence-corrected chi connectivity index (χ3v) is 4.49. The molecule has 1 fully saturated rings. The number of likely N-dealkylation sites (tertiary alicyclic amines) is 1. The molecular weight excluding hydrogens is 332 g/mol. The number of aromatic carboxylic acids is 1. The van der Waals surface area contributed by atoms with Gasteiger partial charge in [-0.3, -0.25) is 9.59 Å². The van der Waals surface area contributed by atoms with E-state index in [1.165, 1.54) is 12.1 Å². The number of nitrogens with zero attached hydrogens (tertiary/aromatic N) is 1. The minimum absolute atomic E-state index is 0.122. The summed E-state index contributed by atoms with van der Waals surface area (Å²) in [5, 5.41) is 11.8. The summed E-state index contributed by atoms with van der Waals surface area (Å²) in [4.78, 5) is 37.0. The number of benzene rings is 2. The van der Waals surface area contributed by atoms with Gasteiger partial charge in [0.2, 0.25) is 5.91 Å². The maximum Gasteiger partial charge on any atom is 0.335 e. The first kappa shape index (κ1) is 17.7. The Labute approximate surface area is 151 Å². The highest BCUT2D eigenvalue weighted by molar-refractivity contribution is 6.05. The van der Waals surface area contributed by atoms with Gasteiger partial charge >= 0.3 is 5.97 Å². The first-order chi connectivity index (χ1) is 12.4. The Morgan fingerprint density at radius 1 is 1.12 bits per heavy atom. The van der Waals surface area contributed by atoms with Crippen LogP contribution in [0.2, 0.25) is 0 Å². The highest BCUT2D eigenvalue weighted by atomic mass is 16.4. The zero-order valence-electron chi connectivity index (χ0n) is 14.5. The van der Waals surface area contributed by atoms with Gasteiger partial charge in [0.15, 0.2) is 0 Å². The van der Waals surface area contributed by atoms with Crippen LogP contribution in [-0.4, -0.2) is 34.3 Å². The van der Waals surface area contributed by atoms with Gasteiger partial charge in [0.25, 0.3) is 5.91 Å². The first-order valence-corrected chi connectivity index (χ1v) is 8.46. The molecule has 2 aromatic carbocycles. The fraction of sp³-hybridized carbons (Fsp3) is 0.250. The maximum absolute atomic E-state index is 12.4. The largest absolute Gasteiger partial charge is 0.478 e. The molecule has 1 aliphatic rings. The van der Waals surface area contributed by atoms with Crippen LogP contribution in [0, 0.1) is 6.92 Å². The normalized spacial score (nSPS) is 13.7. The number of nitrogens with one attached hydrogen (secondary N) is 1. The summed E-state index contributed by atoms with van der Waals surface area (Å²) in [5.74, 6) is -1.18. The number of aryl methyl sites for hydroxylation is 1. The van der Waals surface area contributed by atoms with Crippen molar-refractivity contribution in [2.24, 2.45) is 0 Å². The average Bonchev–Trinajstić information content (AvgIpc) is 3.02. The predicted octanol–water partition coefficient (Wildman–Crippen LogP) is 3.07. The molecule has 0 unspecified atom stereocenters. The number of anilines is 1. The molecule has 2 N–H and O–H groups in total. The van der Waals surface area contributed by atoms with E-state index in [1.807, 2.05) is 17.0 Å². The molecule has 1 aliphatic heterocycles. The summed E-state index contributed by atoms with van der Waals surface area (Å²) in [7, 11) is 0. The third-order valence-electron chi connectivity index (χ3n) is 4.49. The number of carbonyl (C=O) groups is 3. The molecular formula is C20H20N2O4. The lowest BCUT2D eigenvalue weighted by atomic mass is 10.1. The fourth-order valence-corrected chi connectivity index (χ4v) is 2.94. The standard InChI is InChI=1S/C20H20N2O4/c1-13-4-7-16(20(25)26)11-17(13)21-19(24)15-8-5-14(6-9-15)12-22-10-2-3-18(22)23/h4-9,11H,2-3,10,12H2,1H3,(H,21,24)(H,25,26). The van der Waals surface area contributed by atoms with Gasteiger partial charge in [-0.25, -0.2) is 4.79 Å². The molecule has 0 saturated carbocycles. The van der Waals surface area contributed by atoms with Crippen molar-refractivity contribution in [3.05, 3.63) is 64.7 Å². The van der Waals surface area contributed by atoms with E-state index in [4.69, 9.17) is 5.11 Å². The molecule has 3 rings (SSSR count). The number of amides is 2. The molecule has 0 aromatic heterocycles. The third kappa shape index (κ3) is 3.91. The molecule has 1 saturated heterocycles. The summed E-state index contributed by atoms with van der Waals surface area (Å²) in [5.41, 5.74) is 2.83. The second-order valence-corrected chi connectivity index (χ2v) is 6.40. The van der Waals surface area contributed by atoms with E-state index in [0.29, 0.717) is 24.2 Å². The van der Waals surface area contributed by atoms with Gasteiger partial charge in [-0.05, 0) is 48.7 Å². The summed E-state index contributed by atoms with van der Waals surface area (Å²) in [6, 6.07) is 11.7. The Hall–Kier alpha value is -3.15. The summed E-state index contributed by atoms with van der Waals surface area (Å²) >= 11 is 0. The Kier molecular flexibility index (Phi) is 5.02. The molecule has 0 radical (unpaired) electrons. The molecule has 2 amide bonds. The van der Waals surface area contributed by atoms with Crippen LogP contribution in [-0.2, 0) is 11.3 Å². The van der Waals surface area contributed by atoms with Crippen LogP contribution in [0.15, 0.2) is 42.5 Å². The second-order valence-electron chi connectivity index (χ2n) is 6.40. The van der Waals surface area contributed by atoms with Crippen LogP contribution in [0.25, 0.3) is 0 Å². The van der Waals surface area contributed by atoms with Gasteiger partial charge in [0.1, 0.15) is 0 Å². The number of rotatable bonds is 5. The number of hydrogen-bond donors (Lipinski definition) is 2. The molecule has 1 heterocycles. The molecule has 2 aromatic rings. The second kappa shape index (κ2) is 7.39. The van der Waals surface area contributed by atoms with Crippen molar-refractivity contribution in [1.29, 1.82) is 0 Å². The van der Waals surface area contributed by atoms with Crippen LogP contribution in [0.1, 0.15) is 44.7 Å². The molecule has 0 atom stereocenters. The van der Waals surface area contributed by atoms with Crippen LogP contribution < -0.4 is 5.32 Å². The molecule has 0 spiro atoms. The Balaban J connectivity index is 1.69. The lowest BCUT2D eigenvalue weighted by molar-refractivity contribution is -0.128. The molecule has 134 valence electrons. The van der Waals surface area contributed by atoms with Gasteiger partial charge in [0, 0.05) is 30.8 Å². The van der Waals surface area contributed by atoms with Crippen LogP contribution in [0.4, 0.5) is 5.69 Å². The van der Waals surface area contributed by atoms with Gasteiger partial charge in [-0.2, -0.15) is 0 Å². The fourth-order valence-electron chi connectivity index (χ4n) is 2.94. The van der Waals surface area contributed by atoms with Crippen LogP contribution >= 0.6 is 0 Å². The van der Waals surface area contributed by atoms with Crippen molar-refractivity contribution in [3.8, 4) is 0 Å². The summed E-state index contributed by atoms with van der Waals surface area (Å²) < 4.78 is 0. The molecule has 6 nitrogen and oxygen atoms in total. The molecule has 6 heteroatoms. The van der Waals surface area contributed by atoms with Crippen molar-refractivity contribution in [3.63, 3.8) is 0 Å². The number of hydrogen-bond acceptors (Lipinski definition) is 3. The van der Waals surface area contributed by atoms with Crippen molar-refractivity contribution in [2.45, 2.75) is 26.3 Å². The molecule has 0 aliphatic carbocycles. The van der Waals surface area contributed by atoms with Crippen molar-refractivity contribution in [2.75, 3.05) is 11.9 Å². The molecule has 0 bridgehead atoms. The van der Waals surface area contributed by atoms with E-state index in [1.54, 1.807) is 25.1 Å². The predicted molar refractivity (Wildman–Crippen MR) is 97.2 cm³/mol. The Morgan fingerprint density at radius 2 is 1.81 bits per heavy atom. The average molecular weight is 352 g/mol. The van der Waals surface area contributed by atoms with Gasteiger partial charge in [0.05, 0.1) is 5.56 Å². The van der Waals surface area contributed by atoms with Gasteiger partial charge < -0.3 is 15.3 Å². The minimum atomic E-state index is -1.04. The zero-order valence-corrected chi connectivity index (χ0v) is 14.5. The maximum atomic E-state index is 12.4. The lowest BCUT2D eigenvalue weighted by Gasteiger charge is -2.15. The Bertz CT molecular complexity index is 859. The van der Waals surface area contributed by atoms with E-state index in [-0.39, 0.29) is 17.4 Å². The van der Waals surface area contributed by atoms with Crippen LogP contribution in [0.5, 0.6) is 0 Å². The zero-order chi connectivity index (χ0) is 18.7. The minimum Gasteiger partial charge on any atom is -0.478 e. The SMILES string of the molecule is Cc1ccc(C(=O)O)cc1NC(=O)c1ccc(CN2CCCC2=O)cc1. The topological polar surface area (TPSA) is 86.7 Å². The van der Waals surface area contributed by atoms with E-state index < -0.39 is 5.97 Å². The number of carboxylic acids is 1. The first-order valence-electron chi connectivity index (χ1n) is 8.46.